The van der Waals surface area contributed by atoms with Gasteiger partial charge in [0.2, 0.25) is 29.5 Å². The molecular weight excluding hydrogens is 849 g/mol. The molecule has 344 valence electrons. The zero-order chi connectivity index (χ0) is 46.6. The molecule has 0 aliphatic carbocycles. The first-order chi connectivity index (χ1) is 30.6. The van der Waals surface area contributed by atoms with Crippen molar-refractivity contribution in [2.24, 2.45) is 22.2 Å². The monoisotopic (exact) mass is 904 g/mol. The molecule has 2 aromatic heterocycles. The molecule has 6 unspecified atom stereocenters. The first kappa shape index (κ1) is 49.7. The maximum absolute atomic E-state index is 14.3. The summed E-state index contributed by atoms with van der Waals surface area (Å²) in [6, 6.07) is 8.04. The number of hydrogen-bond acceptors (Lipinski definition) is 11. The number of aromatic amines is 2. The van der Waals surface area contributed by atoms with Crippen LogP contribution in [-0.2, 0) is 52.8 Å². The average molecular weight is 905 g/mol. The number of rotatable bonds is 27. The van der Waals surface area contributed by atoms with Gasteiger partial charge in [-0.2, -0.15) is 11.8 Å². The Kier molecular flexibility index (Phi) is 19.6. The Hall–Kier alpha value is -6.94. The number of nitrogens with zero attached hydrogens (tertiary/aromatic N) is 2. The predicted molar refractivity (Wildman–Crippen MR) is 239 cm³/mol. The number of nitrogens with one attached hydrogen (secondary N) is 7. The minimum absolute atomic E-state index is 0.0390. The standard InChI is InChI=1S/C42H56N12O9S/c1-64-17-15-28(43)36(57)50-31(13-14-35(55)56)38(59)53-33(20-26-22-46-23-49-26)40(61)52-32(18-24-8-3-2-4-9-24)39(60)51-30(12-7-16-47-42(44)45)37(58)54-34(41(62)63)19-25-21-48-29-11-6-5-10-27(25)29/h2-6,8-11,21-23,28,30-34,48H,7,12-20,43H2,1H3,(H,46,49)(H,50,57)(H,51,60)(H,52,61)(H,53,59)(H,54,58)(H,55,56)(H,62,63)(H4,44,45,47). The van der Waals surface area contributed by atoms with Gasteiger partial charge in [0.15, 0.2) is 5.96 Å². The fourth-order valence-electron chi connectivity index (χ4n) is 6.66. The highest BCUT2D eigenvalue weighted by molar-refractivity contribution is 7.98. The van der Waals surface area contributed by atoms with Crippen LogP contribution in [0.25, 0.3) is 10.9 Å². The Morgan fingerprint density at radius 1 is 0.719 bits per heavy atom. The lowest BCUT2D eigenvalue weighted by atomic mass is 10.0. The summed E-state index contributed by atoms with van der Waals surface area (Å²) in [6.45, 7) is 0.0799. The lowest BCUT2D eigenvalue weighted by Gasteiger charge is -2.27. The third-order valence-corrected chi connectivity index (χ3v) is 10.7. The summed E-state index contributed by atoms with van der Waals surface area (Å²) < 4.78 is 0. The molecule has 4 rings (SSSR count). The molecule has 0 radical (unpaired) electrons. The second-order valence-electron chi connectivity index (χ2n) is 14.9. The van der Waals surface area contributed by atoms with Gasteiger partial charge in [0, 0.05) is 61.2 Å². The van der Waals surface area contributed by atoms with Crippen molar-refractivity contribution in [2.45, 2.75) is 87.6 Å². The minimum atomic E-state index is -1.41. The van der Waals surface area contributed by atoms with Crippen LogP contribution in [0.5, 0.6) is 0 Å². The van der Waals surface area contributed by atoms with E-state index in [0.29, 0.717) is 29.0 Å². The molecule has 0 aliphatic heterocycles. The van der Waals surface area contributed by atoms with Gasteiger partial charge >= 0.3 is 11.9 Å². The Balaban J connectivity index is 1.60. The van der Waals surface area contributed by atoms with E-state index in [2.05, 4.69) is 46.5 Å². The number of aliphatic imine (C=N–C) groups is 1. The molecule has 0 spiro atoms. The van der Waals surface area contributed by atoms with Crippen molar-refractivity contribution < 1.29 is 43.8 Å². The number of imidazole rings is 1. The van der Waals surface area contributed by atoms with Crippen LogP contribution in [0.15, 0.2) is 78.3 Å². The molecule has 5 amide bonds. The zero-order valence-corrected chi connectivity index (χ0v) is 36.1. The molecule has 64 heavy (non-hydrogen) atoms. The first-order valence-corrected chi connectivity index (χ1v) is 21.9. The van der Waals surface area contributed by atoms with E-state index in [1.807, 2.05) is 24.5 Å². The van der Waals surface area contributed by atoms with Gasteiger partial charge in [-0.25, -0.2) is 9.78 Å². The summed E-state index contributed by atoms with van der Waals surface area (Å²) >= 11 is 1.47. The van der Waals surface area contributed by atoms with E-state index in [-0.39, 0.29) is 51.0 Å². The van der Waals surface area contributed by atoms with Crippen molar-refractivity contribution in [1.82, 2.24) is 41.5 Å². The number of fused-ring (bicyclic) bond motifs is 1. The lowest BCUT2D eigenvalue weighted by Crippen LogP contribution is -2.60. The Morgan fingerprint density at radius 2 is 1.31 bits per heavy atom. The molecule has 0 bridgehead atoms. The number of carboxylic acid groups (broad SMARTS) is 2. The second-order valence-corrected chi connectivity index (χ2v) is 15.9. The van der Waals surface area contributed by atoms with Crippen LogP contribution in [0.3, 0.4) is 0 Å². The fraction of sp³-hybridized carbons (Fsp3) is 0.405. The number of thioether (sulfide) groups is 1. The zero-order valence-electron chi connectivity index (χ0n) is 35.3. The summed E-state index contributed by atoms with van der Waals surface area (Å²) in [5, 5.41) is 33.4. The third-order valence-electron chi connectivity index (χ3n) is 10.1. The van der Waals surface area contributed by atoms with Crippen LogP contribution in [0.2, 0.25) is 0 Å². The summed E-state index contributed by atoms with van der Waals surface area (Å²) in [5.74, 6) is -6.22. The van der Waals surface area contributed by atoms with Gasteiger partial charge in [-0.3, -0.25) is 33.8 Å². The summed E-state index contributed by atoms with van der Waals surface area (Å²) in [6.07, 6.45) is 5.56. The van der Waals surface area contributed by atoms with Gasteiger partial charge in [0.25, 0.3) is 0 Å². The largest absolute Gasteiger partial charge is 0.481 e. The molecule has 2 heterocycles. The van der Waals surface area contributed by atoms with Crippen molar-refractivity contribution in [2.75, 3.05) is 18.6 Å². The molecule has 0 fully saturated rings. The van der Waals surface area contributed by atoms with E-state index in [4.69, 9.17) is 17.2 Å². The van der Waals surface area contributed by atoms with Crippen LogP contribution in [0.1, 0.15) is 48.9 Å². The molecule has 0 saturated carbocycles. The molecule has 6 atom stereocenters. The smallest absolute Gasteiger partial charge is 0.326 e. The number of guanidine groups is 1. The Labute approximate surface area is 372 Å². The number of amides is 5. The van der Waals surface area contributed by atoms with Crippen molar-refractivity contribution >= 4 is 70.1 Å². The van der Waals surface area contributed by atoms with Gasteiger partial charge in [0.1, 0.15) is 30.2 Å². The number of para-hydroxylation sites is 1. The van der Waals surface area contributed by atoms with E-state index in [1.54, 1.807) is 42.6 Å². The van der Waals surface area contributed by atoms with Gasteiger partial charge < -0.3 is 64.0 Å². The van der Waals surface area contributed by atoms with Crippen molar-refractivity contribution in [3.63, 3.8) is 0 Å². The number of carbonyl (C=O) groups is 7. The molecule has 0 aliphatic rings. The first-order valence-electron chi connectivity index (χ1n) is 20.5. The predicted octanol–water partition coefficient (Wildman–Crippen LogP) is -0.574. The van der Waals surface area contributed by atoms with Crippen LogP contribution in [0.4, 0.5) is 0 Å². The van der Waals surface area contributed by atoms with Crippen LogP contribution >= 0.6 is 11.8 Å². The van der Waals surface area contributed by atoms with Crippen molar-refractivity contribution in [1.29, 1.82) is 0 Å². The Morgan fingerprint density at radius 3 is 1.94 bits per heavy atom. The number of H-pyrrole nitrogens is 2. The summed E-state index contributed by atoms with van der Waals surface area (Å²) in [4.78, 5) is 107. The van der Waals surface area contributed by atoms with E-state index >= 15 is 0 Å². The number of aromatic nitrogens is 3. The van der Waals surface area contributed by atoms with Crippen molar-refractivity contribution in [3.05, 3.63) is 90.1 Å². The number of carbonyl (C=O) groups excluding carboxylic acids is 5. The summed E-state index contributed by atoms with van der Waals surface area (Å²) in [7, 11) is 0. The SMILES string of the molecule is CSCCC(N)C(=O)NC(CCC(=O)O)C(=O)NC(Cc1cnc[nH]1)C(=O)NC(Cc1ccccc1)C(=O)NC(CCCN=C(N)N)C(=O)NC(Cc1c[nH]c2ccccc12)C(=O)O. The molecule has 4 aromatic rings. The van der Waals surface area contributed by atoms with Crippen LogP contribution in [0, 0.1) is 0 Å². The molecule has 0 saturated heterocycles. The van der Waals surface area contributed by atoms with Gasteiger partial charge in [-0.15, -0.1) is 0 Å². The number of aliphatic carboxylic acids is 2. The average Bonchev–Trinajstić information content (AvgIpc) is 3.94. The number of nitrogens with two attached hydrogens (primary N) is 3. The van der Waals surface area contributed by atoms with Gasteiger partial charge in [-0.05, 0) is 54.9 Å². The highest BCUT2D eigenvalue weighted by atomic mass is 32.2. The van der Waals surface area contributed by atoms with E-state index in [1.165, 1.54) is 24.3 Å². The number of benzene rings is 2. The van der Waals surface area contributed by atoms with Gasteiger partial charge in [0.05, 0.1) is 12.4 Å². The molecular formula is C42H56N12O9S. The maximum atomic E-state index is 14.3. The lowest BCUT2D eigenvalue weighted by molar-refractivity contribution is -0.142. The van der Waals surface area contributed by atoms with E-state index in [9.17, 15) is 43.8 Å². The normalized spacial score (nSPS) is 13.8. The Bertz CT molecular complexity index is 2220. The molecule has 2 aromatic carbocycles. The molecule has 22 heteroatoms. The number of carboxylic acids is 2. The van der Waals surface area contributed by atoms with E-state index in [0.717, 1.165) is 10.9 Å². The summed E-state index contributed by atoms with van der Waals surface area (Å²) in [5.41, 5.74) is 19.5. The minimum Gasteiger partial charge on any atom is -0.481 e. The van der Waals surface area contributed by atoms with Crippen LogP contribution in [-0.4, -0.2) is 127 Å². The van der Waals surface area contributed by atoms with Crippen LogP contribution < -0.4 is 43.8 Å². The van der Waals surface area contributed by atoms with Gasteiger partial charge in [-0.1, -0.05) is 48.5 Å². The number of hydrogen-bond donors (Lipinski definition) is 12. The topological polar surface area (TPSA) is 355 Å². The quantitative estimate of drug-likeness (QED) is 0.0203. The van der Waals surface area contributed by atoms with E-state index < -0.39 is 84.1 Å². The second kappa shape index (κ2) is 25.2. The fourth-order valence-corrected chi connectivity index (χ4v) is 7.15. The third kappa shape index (κ3) is 16.1. The highest BCUT2D eigenvalue weighted by Gasteiger charge is 2.34. The highest BCUT2D eigenvalue weighted by Crippen LogP contribution is 2.19. The maximum Gasteiger partial charge on any atom is 0.326 e. The molecule has 21 nitrogen and oxygen atoms in total. The van der Waals surface area contributed by atoms with Crippen molar-refractivity contribution in [3.8, 4) is 0 Å². The molecule has 15 N–H and O–H groups in total.